The molecule has 0 saturated carbocycles. The molecule has 1 aromatic heterocycles. The first-order chi connectivity index (χ1) is 9.33. The average molecular weight is 277 g/mol. The average Bonchev–Trinajstić information content (AvgIpc) is 2.94. The summed E-state index contributed by atoms with van der Waals surface area (Å²) >= 11 is 1.72. The highest BCUT2D eigenvalue weighted by atomic mass is 32.1. The van der Waals surface area contributed by atoms with Crippen LogP contribution in [0.1, 0.15) is 18.1 Å². The Labute approximate surface area is 118 Å². The Balaban J connectivity index is 1.93. The van der Waals surface area contributed by atoms with Gasteiger partial charge in [-0.05, 0) is 47.0 Å². The summed E-state index contributed by atoms with van der Waals surface area (Å²) < 4.78 is 10.8. The first-order valence-corrected chi connectivity index (χ1v) is 7.29. The molecule has 0 amide bonds. The third kappa shape index (κ3) is 3.98. The predicted molar refractivity (Wildman–Crippen MR) is 79.0 cm³/mol. The van der Waals surface area contributed by atoms with Crippen LogP contribution in [0.3, 0.4) is 0 Å². The number of benzene rings is 1. The van der Waals surface area contributed by atoms with E-state index in [9.17, 15) is 0 Å². The van der Waals surface area contributed by atoms with E-state index in [1.165, 1.54) is 11.1 Å². The minimum Gasteiger partial charge on any atom is -0.493 e. The highest BCUT2D eigenvalue weighted by molar-refractivity contribution is 7.07. The Kier molecular flexibility index (Phi) is 5.24. The zero-order chi connectivity index (χ0) is 13.5. The van der Waals surface area contributed by atoms with E-state index < -0.39 is 0 Å². The van der Waals surface area contributed by atoms with Gasteiger partial charge < -0.3 is 14.8 Å². The summed E-state index contributed by atoms with van der Waals surface area (Å²) in [4.78, 5) is 0. The van der Waals surface area contributed by atoms with Crippen LogP contribution in [0, 0.1) is 0 Å². The molecule has 0 bridgehead atoms. The normalized spacial score (nSPS) is 10.4. The molecule has 0 aliphatic carbocycles. The van der Waals surface area contributed by atoms with Crippen molar-refractivity contribution in [1.82, 2.24) is 5.32 Å². The summed E-state index contributed by atoms with van der Waals surface area (Å²) in [5.41, 5.74) is 2.51. The molecule has 0 atom stereocenters. The molecule has 4 heteroatoms. The zero-order valence-electron chi connectivity index (χ0n) is 11.3. The van der Waals surface area contributed by atoms with E-state index in [1.807, 2.05) is 19.1 Å². The molecule has 2 rings (SSSR count). The quantitative estimate of drug-likeness (QED) is 0.841. The molecule has 0 radical (unpaired) electrons. The van der Waals surface area contributed by atoms with Gasteiger partial charge in [-0.25, -0.2) is 0 Å². The molecule has 0 spiro atoms. The number of hydrogen-bond acceptors (Lipinski definition) is 4. The van der Waals surface area contributed by atoms with Gasteiger partial charge in [-0.2, -0.15) is 11.3 Å². The van der Waals surface area contributed by atoms with Gasteiger partial charge in [-0.3, -0.25) is 0 Å². The second-order valence-electron chi connectivity index (χ2n) is 4.15. The minimum atomic E-state index is 0.645. The van der Waals surface area contributed by atoms with Gasteiger partial charge in [0.25, 0.3) is 0 Å². The fourth-order valence-corrected chi connectivity index (χ4v) is 2.51. The lowest BCUT2D eigenvalue weighted by atomic mass is 10.2. The Bertz CT molecular complexity index is 497. The summed E-state index contributed by atoms with van der Waals surface area (Å²) in [6, 6.07) is 8.18. The fourth-order valence-electron chi connectivity index (χ4n) is 1.84. The van der Waals surface area contributed by atoms with Crippen molar-refractivity contribution in [2.45, 2.75) is 20.0 Å². The molecular formula is C15H19NO2S. The molecule has 0 unspecified atom stereocenters. The van der Waals surface area contributed by atoms with Crippen LogP contribution in [0.2, 0.25) is 0 Å². The van der Waals surface area contributed by atoms with E-state index in [4.69, 9.17) is 9.47 Å². The van der Waals surface area contributed by atoms with Gasteiger partial charge >= 0.3 is 0 Å². The molecular weight excluding hydrogens is 258 g/mol. The smallest absolute Gasteiger partial charge is 0.161 e. The molecule has 0 fully saturated rings. The van der Waals surface area contributed by atoms with Gasteiger partial charge in [0, 0.05) is 13.1 Å². The van der Waals surface area contributed by atoms with Gasteiger partial charge in [-0.15, -0.1) is 0 Å². The van der Waals surface area contributed by atoms with E-state index in [1.54, 1.807) is 18.4 Å². The van der Waals surface area contributed by atoms with Crippen LogP contribution < -0.4 is 14.8 Å². The highest BCUT2D eigenvalue weighted by Gasteiger charge is 2.05. The van der Waals surface area contributed by atoms with Crippen LogP contribution in [-0.4, -0.2) is 13.7 Å². The first kappa shape index (κ1) is 13.9. The van der Waals surface area contributed by atoms with Gasteiger partial charge in [-0.1, -0.05) is 6.07 Å². The molecule has 0 saturated heterocycles. The van der Waals surface area contributed by atoms with Crippen LogP contribution in [0.5, 0.6) is 11.5 Å². The van der Waals surface area contributed by atoms with Crippen molar-refractivity contribution < 1.29 is 9.47 Å². The van der Waals surface area contributed by atoms with Gasteiger partial charge in [0.05, 0.1) is 13.7 Å². The van der Waals surface area contributed by atoms with Crippen molar-refractivity contribution in [3.63, 3.8) is 0 Å². The van der Waals surface area contributed by atoms with Crippen LogP contribution in [0.15, 0.2) is 35.0 Å². The lowest BCUT2D eigenvalue weighted by Gasteiger charge is -2.11. The molecule has 3 nitrogen and oxygen atoms in total. The monoisotopic (exact) mass is 277 g/mol. The molecule has 0 aliphatic heterocycles. The van der Waals surface area contributed by atoms with Crippen LogP contribution in [0.4, 0.5) is 0 Å². The van der Waals surface area contributed by atoms with E-state index in [2.05, 4.69) is 28.2 Å². The largest absolute Gasteiger partial charge is 0.493 e. The Morgan fingerprint density at radius 1 is 1.11 bits per heavy atom. The van der Waals surface area contributed by atoms with E-state index in [-0.39, 0.29) is 0 Å². The van der Waals surface area contributed by atoms with E-state index in [0.29, 0.717) is 6.61 Å². The molecule has 2 aromatic rings. The Morgan fingerprint density at radius 3 is 2.63 bits per heavy atom. The van der Waals surface area contributed by atoms with Crippen molar-refractivity contribution in [2.24, 2.45) is 0 Å². The van der Waals surface area contributed by atoms with Crippen molar-refractivity contribution in [1.29, 1.82) is 0 Å². The van der Waals surface area contributed by atoms with E-state index >= 15 is 0 Å². The summed E-state index contributed by atoms with van der Waals surface area (Å²) in [5, 5.41) is 7.67. The lowest BCUT2D eigenvalue weighted by molar-refractivity contribution is 0.310. The second-order valence-corrected chi connectivity index (χ2v) is 4.93. The molecule has 1 aromatic carbocycles. The third-order valence-corrected chi connectivity index (χ3v) is 3.50. The number of methoxy groups -OCH3 is 1. The van der Waals surface area contributed by atoms with Crippen molar-refractivity contribution in [3.8, 4) is 11.5 Å². The third-order valence-electron chi connectivity index (χ3n) is 2.77. The molecule has 19 heavy (non-hydrogen) atoms. The summed E-state index contributed by atoms with van der Waals surface area (Å²) in [6.45, 7) is 4.32. The SMILES string of the molecule is CCOc1ccc(CNCc2ccsc2)cc1OC. The van der Waals surface area contributed by atoms with Crippen LogP contribution in [0.25, 0.3) is 0 Å². The van der Waals surface area contributed by atoms with Crippen molar-refractivity contribution >= 4 is 11.3 Å². The Hall–Kier alpha value is -1.52. The van der Waals surface area contributed by atoms with E-state index in [0.717, 1.165) is 24.6 Å². The summed E-state index contributed by atoms with van der Waals surface area (Å²) in [5.74, 6) is 1.59. The summed E-state index contributed by atoms with van der Waals surface area (Å²) in [7, 11) is 1.67. The van der Waals surface area contributed by atoms with Crippen LogP contribution >= 0.6 is 11.3 Å². The second kappa shape index (κ2) is 7.16. The van der Waals surface area contributed by atoms with Crippen molar-refractivity contribution in [2.75, 3.05) is 13.7 Å². The maximum atomic E-state index is 5.50. The Morgan fingerprint density at radius 2 is 1.95 bits per heavy atom. The molecule has 0 aliphatic rings. The zero-order valence-corrected chi connectivity index (χ0v) is 12.1. The summed E-state index contributed by atoms with van der Waals surface area (Å²) in [6.07, 6.45) is 0. The van der Waals surface area contributed by atoms with Crippen LogP contribution in [-0.2, 0) is 13.1 Å². The maximum Gasteiger partial charge on any atom is 0.161 e. The van der Waals surface area contributed by atoms with Gasteiger partial charge in [0.2, 0.25) is 0 Å². The molecule has 1 heterocycles. The van der Waals surface area contributed by atoms with Gasteiger partial charge in [0.1, 0.15) is 0 Å². The highest BCUT2D eigenvalue weighted by Crippen LogP contribution is 2.27. The molecule has 1 N–H and O–H groups in total. The van der Waals surface area contributed by atoms with Crippen molar-refractivity contribution in [3.05, 3.63) is 46.2 Å². The first-order valence-electron chi connectivity index (χ1n) is 6.35. The predicted octanol–water partition coefficient (Wildman–Crippen LogP) is 3.45. The number of hydrogen-bond donors (Lipinski definition) is 1. The topological polar surface area (TPSA) is 30.5 Å². The maximum absolute atomic E-state index is 5.50. The lowest BCUT2D eigenvalue weighted by Crippen LogP contribution is -2.12. The minimum absolute atomic E-state index is 0.645. The number of ether oxygens (including phenoxy) is 2. The van der Waals surface area contributed by atoms with Gasteiger partial charge in [0.15, 0.2) is 11.5 Å². The number of nitrogens with one attached hydrogen (secondary N) is 1. The molecule has 102 valence electrons. The fraction of sp³-hybridized carbons (Fsp3) is 0.333. The number of thiophene rings is 1. The number of rotatable bonds is 7. The standard InChI is InChI=1S/C15H19NO2S/c1-3-18-14-5-4-12(8-15(14)17-2)9-16-10-13-6-7-19-11-13/h4-8,11,16H,3,9-10H2,1-2H3.